The summed E-state index contributed by atoms with van der Waals surface area (Å²) >= 11 is 0. The molecule has 0 saturated carbocycles. The average molecular weight is 256 g/mol. The van der Waals surface area contributed by atoms with Crippen molar-refractivity contribution in [1.82, 2.24) is 4.90 Å². The molecule has 0 spiro atoms. The lowest BCUT2D eigenvalue weighted by atomic mass is 9.77. The highest BCUT2D eigenvalue weighted by Crippen LogP contribution is 2.45. The molecule has 94 valence electrons. The fourth-order valence-electron chi connectivity index (χ4n) is 3.31. The van der Waals surface area contributed by atoms with E-state index in [2.05, 4.69) is 11.9 Å². The summed E-state index contributed by atoms with van der Waals surface area (Å²) in [6, 6.07) is 3.61. The van der Waals surface area contributed by atoms with Gasteiger partial charge in [0.1, 0.15) is 0 Å². The molecule has 0 unspecified atom stereocenters. The highest BCUT2D eigenvalue weighted by Gasteiger charge is 2.37. The lowest BCUT2D eigenvalue weighted by Gasteiger charge is -2.28. The Labute approximate surface area is 107 Å². The van der Waals surface area contributed by atoms with Crippen molar-refractivity contribution in [2.75, 3.05) is 20.1 Å². The van der Waals surface area contributed by atoms with E-state index in [-0.39, 0.29) is 23.9 Å². The Kier molecular flexibility index (Phi) is 3.23. The van der Waals surface area contributed by atoms with E-state index in [0.29, 0.717) is 5.92 Å². The van der Waals surface area contributed by atoms with Crippen LogP contribution in [0.2, 0.25) is 0 Å². The summed E-state index contributed by atoms with van der Waals surface area (Å²) in [4.78, 5) is 2.36. The molecule has 2 N–H and O–H groups in total. The second kappa shape index (κ2) is 4.39. The van der Waals surface area contributed by atoms with E-state index in [4.69, 9.17) is 0 Å². The fraction of sp³-hybridized carbons (Fsp3) is 0.538. The van der Waals surface area contributed by atoms with Crippen LogP contribution in [-0.2, 0) is 6.42 Å². The van der Waals surface area contributed by atoms with Crippen LogP contribution in [0.5, 0.6) is 11.5 Å². The molecule has 3 rings (SSSR count). The Balaban J connectivity index is 0.00000108. The molecular weight excluding hydrogens is 238 g/mol. The van der Waals surface area contributed by atoms with Gasteiger partial charge < -0.3 is 15.1 Å². The van der Waals surface area contributed by atoms with E-state index in [1.807, 2.05) is 6.07 Å². The van der Waals surface area contributed by atoms with Gasteiger partial charge in [0, 0.05) is 24.6 Å². The highest BCUT2D eigenvalue weighted by atomic mass is 35.5. The summed E-state index contributed by atoms with van der Waals surface area (Å²) in [5.41, 5.74) is 2.22. The van der Waals surface area contributed by atoms with Crippen LogP contribution in [-0.4, -0.2) is 35.3 Å². The number of phenols is 2. The number of fused-ring (bicyclic) bond motifs is 3. The number of likely N-dealkylation sites (N-methyl/N-ethyl adjacent to an activating group) is 1. The highest BCUT2D eigenvalue weighted by molar-refractivity contribution is 5.85. The smallest absolute Gasteiger partial charge is 0.160 e. The summed E-state index contributed by atoms with van der Waals surface area (Å²) in [6.07, 6.45) is 2.02. The second-order valence-electron chi connectivity index (χ2n) is 5.13. The van der Waals surface area contributed by atoms with Gasteiger partial charge in [-0.3, -0.25) is 0 Å². The van der Waals surface area contributed by atoms with E-state index >= 15 is 0 Å². The van der Waals surface area contributed by atoms with Crippen molar-refractivity contribution < 1.29 is 10.2 Å². The molecule has 1 aromatic carbocycles. The van der Waals surface area contributed by atoms with Crippen molar-refractivity contribution in [3.05, 3.63) is 23.3 Å². The quantitative estimate of drug-likeness (QED) is 0.698. The van der Waals surface area contributed by atoms with Gasteiger partial charge in [0.05, 0.1) is 0 Å². The summed E-state index contributed by atoms with van der Waals surface area (Å²) in [5.74, 6) is 1.38. The van der Waals surface area contributed by atoms with Crippen molar-refractivity contribution in [3.63, 3.8) is 0 Å². The topological polar surface area (TPSA) is 43.7 Å². The van der Waals surface area contributed by atoms with Crippen LogP contribution in [0.4, 0.5) is 0 Å². The zero-order valence-electron chi connectivity index (χ0n) is 9.89. The molecule has 0 aromatic heterocycles. The Morgan fingerprint density at radius 1 is 1.24 bits per heavy atom. The Morgan fingerprint density at radius 3 is 2.76 bits per heavy atom. The minimum Gasteiger partial charge on any atom is -0.504 e. The predicted molar refractivity (Wildman–Crippen MR) is 69.1 cm³/mol. The summed E-state index contributed by atoms with van der Waals surface area (Å²) < 4.78 is 0. The first-order valence-corrected chi connectivity index (χ1v) is 5.89. The van der Waals surface area contributed by atoms with Crippen LogP contribution >= 0.6 is 12.4 Å². The standard InChI is InChI=1S/C13H17NO2.ClH/c1-14-6-8-2-3-10-9(11(8)7-14)4-5-12(15)13(10)16;/h4-5,8,11,15-16H,2-3,6-7H2,1H3;1H/t8-,11-;/m1./s1. The first kappa shape index (κ1) is 12.5. The number of aromatic hydroxyl groups is 2. The summed E-state index contributed by atoms with van der Waals surface area (Å²) in [7, 11) is 2.15. The van der Waals surface area contributed by atoms with Crippen molar-refractivity contribution in [2.24, 2.45) is 5.92 Å². The molecule has 1 aliphatic carbocycles. The van der Waals surface area contributed by atoms with E-state index in [1.54, 1.807) is 6.07 Å². The number of halogens is 1. The first-order chi connectivity index (χ1) is 7.66. The van der Waals surface area contributed by atoms with Gasteiger partial charge in [0.25, 0.3) is 0 Å². The number of nitrogens with zero attached hydrogens (tertiary/aromatic N) is 1. The molecule has 1 saturated heterocycles. The third kappa shape index (κ3) is 1.87. The van der Waals surface area contributed by atoms with E-state index in [1.165, 1.54) is 5.56 Å². The van der Waals surface area contributed by atoms with Crippen LogP contribution in [0.3, 0.4) is 0 Å². The lowest BCUT2D eigenvalue weighted by molar-refractivity contribution is 0.375. The van der Waals surface area contributed by atoms with E-state index < -0.39 is 0 Å². The minimum absolute atomic E-state index is 0. The molecule has 0 bridgehead atoms. The zero-order chi connectivity index (χ0) is 11.3. The van der Waals surface area contributed by atoms with Gasteiger partial charge in [-0.2, -0.15) is 0 Å². The molecule has 1 aromatic rings. The van der Waals surface area contributed by atoms with Crippen LogP contribution < -0.4 is 0 Å². The van der Waals surface area contributed by atoms with Crippen LogP contribution in [0.15, 0.2) is 12.1 Å². The predicted octanol–water partition coefficient (Wildman–Crippen LogP) is 2.11. The molecule has 3 nitrogen and oxygen atoms in total. The number of likely N-dealkylation sites (tertiary alicyclic amines) is 1. The lowest BCUT2D eigenvalue weighted by Crippen LogP contribution is -2.18. The second-order valence-corrected chi connectivity index (χ2v) is 5.13. The molecule has 1 heterocycles. The molecule has 2 atom stereocenters. The molecule has 0 radical (unpaired) electrons. The third-order valence-corrected chi connectivity index (χ3v) is 4.09. The first-order valence-electron chi connectivity index (χ1n) is 5.89. The van der Waals surface area contributed by atoms with Crippen LogP contribution in [0.25, 0.3) is 0 Å². The third-order valence-electron chi connectivity index (χ3n) is 4.09. The van der Waals surface area contributed by atoms with Crippen molar-refractivity contribution >= 4 is 12.4 Å². The number of benzene rings is 1. The van der Waals surface area contributed by atoms with Gasteiger partial charge in [-0.05, 0) is 37.4 Å². The van der Waals surface area contributed by atoms with E-state index in [0.717, 1.165) is 37.4 Å². The fourth-order valence-corrected chi connectivity index (χ4v) is 3.31. The van der Waals surface area contributed by atoms with Crippen LogP contribution in [0, 0.1) is 5.92 Å². The van der Waals surface area contributed by atoms with Crippen molar-refractivity contribution in [2.45, 2.75) is 18.8 Å². The van der Waals surface area contributed by atoms with Gasteiger partial charge in [-0.25, -0.2) is 0 Å². The Bertz CT molecular complexity index is 436. The van der Waals surface area contributed by atoms with Gasteiger partial charge >= 0.3 is 0 Å². The Morgan fingerprint density at radius 2 is 2.00 bits per heavy atom. The van der Waals surface area contributed by atoms with Crippen molar-refractivity contribution in [1.29, 1.82) is 0 Å². The molecule has 17 heavy (non-hydrogen) atoms. The normalized spacial score (nSPS) is 27.1. The monoisotopic (exact) mass is 255 g/mol. The van der Waals surface area contributed by atoms with Gasteiger partial charge in [-0.15, -0.1) is 12.4 Å². The number of hydrogen-bond donors (Lipinski definition) is 2. The molecule has 1 aliphatic heterocycles. The number of rotatable bonds is 0. The van der Waals surface area contributed by atoms with Gasteiger partial charge in [-0.1, -0.05) is 6.07 Å². The van der Waals surface area contributed by atoms with Crippen LogP contribution in [0.1, 0.15) is 23.5 Å². The maximum absolute atomic E-state index is 9.87. The Hall–Kier alpha value is -0.930. The van der Waals surface area contributed by atoms with Gasteiger partial charge in [0.2, 0.25) is 0 Å². The number of hydrogen-bond acceptors (Lipinski definition) is 3. The van der Waals surface area contributed by atoms with Gasteiger partial charge in [0.15, 0.2) is 11.5 Å². The maximum atomic E-state index is 9.87. The molecular formula is C13H18ClNO2. The summed E-state index contributed by atoms with van der Waals surface area (Å²) in [5, 5.41) is 19.4. The summed E-state index contributed by atoms with van der Waals surface area (Å²) in [6.45, 7) is 2.23. The molecule has 0 amide bonds. The molecule has 1 fully saturated rings. The zero-order valence-corrected chi connectivity index (χ0v) is 10.7. The maximum Gasteiger partial charge on any atom is 0.160 e. The number of phenolic OH excluding ortho intramolecular Hbond substituents is 2. The van der Waals surface area contributed by atoms with Crippen molar-refractivity contribution in [3.8, 4) is 11.5 Å². The van der Waals surface area contributed by atoms with E-state index in [9.17, 15) is 10.2 Å². The molecule has 4 heteroatoms. The largest absolute Gasteiger partial charge is 0.504 e. The SMILES string of the molecule is CN1C[C@H]2CCc3c(ccc(O)c3O)[C@@H]2C1.Cl. The molecule has 2 aliphatic rings. The average Bonchev–Trinajstić information content (AvgIpc) is 2.63. The minimum atomic E-state index is 0.